The maximum absolute atomic E-state index is 5.67. The lowest BCUT2D eigenvalue weighted by atomic mass is 10.1. The summed E-state index contributed by atoms with van der Waals surface area (Å²) in [6.07, 6.45) is 5.91. The van der Waals surface area contributed by atoms with Crippen molar-refractivity contribution in [2.75, 3.05) is 13.2 Å². The molecule has 4 heteroatoms. The number of imidazole rings is 1. The van der Waals surface area contributed by atoms with E-state index in [0.717, 1.165) is 25.4 Å². The number of ether oxygens (including phenoxy) is 1. The summed E-state index contributed by atoms with van der Waals surface area (Å²) in [6.45, 7) is 7.19. The highest BCUT2D eigenvalue weighted by Crippen LogP contribution is 2.16. The van der Waals surface area contributed by atoms with Gasteiger partial charge >= 0.3 is 0 Å². The highest BCUT2D eigenvalue weighted by molar-refractivity contribution is 5.34. The normalized spacial score (nSPS) is 23.9. The van der Waals surface area contributed by atoms with Gasteiger partial charge in [-0.2, -0.15) is 0 Å². The second-order valence-electron chi connectivity index (χ2n) is 5.56. The summed E-state index contributed by atoms with van der Waals surface area (Å²) >= 11 is 0. The molecule has 0 N–H and O–H groups in total. The van der Waals surface area contributed by atoms with E-state index in [1.54, 1.807) is 6.20 Å². The van der Waals surface area contributed by atoms with Crippen molar-refractivity contribution in [2.24, 2.45) is 0 Å². The van der Waals surface area contributed by atoms with Gasteiger partial charge in [0.2, 0.25) is 0 Å². The van der Waals surface area contributed by atoms with Gasteiger partial charge in [0.15, 0.2) is 0 Å². The Morgan fingerprint density at radius 3 is 2.75 bits per heavy atom. The molecule has 1 aliphatic heterocycles. The molecule has 106 valence electrons. The second-order valence-corrected chi connectivity index (χ2v) is 5.56. The summed E-state index contributed by atoms with van der Waals surface area (Å²) < 4.78 is 7.69. The Bertz CT molecular complexity index is 535. The first kappa shape index (κ1) is 13.3. The Hall–Kier alpha value is -1.65. The summed E-state index contributed by atoms with van der Waals surface area (Å²) in [5.74, 6) is 0. The minimum Gasteiger partial charge on any atom is -0.376 e. The highest BCUT2D eigenvalue weighted by atomic mass is 16.5. The van der Waals surface area contributed by atoms with Gasteiger partial charge in [0.05, 0.1) is 19.0 Å². The van der Waals surface area contributed by atoms with Crippen LogP contribution >= 0.6 is 0 Å². The molecule has 0 unspecified atom stereocenters. The largest absolute Gasteiger partial charge is 0.376 e. The van der Waals surface area contributed by atoms with Crippen LogP contribution in [0.25, 0.3) is 5.69 Å². The lowest BCUT2D eigenvalue weighted by molar-refractivity contribution is -0.0526. The third-order valence-electron chi connectivity index (χ3n) is 3.86. The fraction of sp³-hybridized carbons (Fsp3) is 0.438. The standard InChI is InChI=1S/C16H21N3O/c1-13-11-20-14(2)9-19(13)10-15-3-5-16(6-4-15)18-8-7-17-12-18/h3-8,12-14H,9-11H2,1-2H3/t13-,14+/m0/s1. The van der Waals surface area contributed by atoms with E-state index in [1.807, 2.05) is 17.1 Å². The molecular weight excluding hydrogens is 250 g/mol. The first-order valence-corrected chi connectivity index (χ1v) is 7.15. The van der Waals surface area contributed by atoms with E-state index in [2.05, 4.69) is 48.0 Å². The van der Waals surface area contributed by atoms with Gasteiger partial charge in [-0.25, -0.2) is 4.98 Å². The van der Waals surface area contributed by atoms with Crippen molar-refractivity contribution in [3.05, 3.63) is 48.5 Å². The molecule has 4 nitrogen and oxygen atoms in total. The van der Waals surface area contributed by atoms with Gasteiger partial charge in [0.1, 0.15) is 0 Å². The molecule has 0 amide bonds. The number of benzene rings is 1. The summed E-state index contributed by atoms with van der Waals surface area (Å²) in [7, 11) is 0. The molecule has 1 aliphatic rings. The van der Waals surface area contributed by atoms with E-state index in [1.165, 1.54) is 5.56 Å². The zero-order valence-corrected chi connectivity index (χ0v) is 12.1. The van der Waals surface area contributed by atoms with Crippen LogP contribution < -0.4 is 0 Å². The van der Waals surface area contributed by atoms with E-state index in [4.69, 9.17) is 4.74 Å². The second kappa shape index (κ2) is 5.77. The Morgan fingerprint density at radius 1 is 1.25 bits per heavy atom. The van der Waals surface area contributed by atoms with Crippen LogP contribution in [0.1, 0.15) is 19.4 Å². The predicted molar refractivity (Wildman–Crippen MR) is 78.9 cm³/mol. The molecule has 20 heavy (non-hydrogen) atoms. The van der Waals surface area contributed by atoms with Crippen LogP contribution in [0.4, 0.5) is 0 Å². The zero-order chi connectivity index (χ0) is 13.9. The van der Waals surface area contributed by atoms with Gasteiger partial charge in [0, 0.05) is 37.2 Å². The summed E-state index contributed by atoms with van der Waals surface area (Å²) in [6, 6.07) is 9.17. The highest BCUT2D eigenvalue weighted by Gasteiger charge is 2.23. The van der Waals surface area contributed by atoms with Crippen molar-refractivity contribution in [3.63, 3.8) is 0 Å². The van der Waals surface area contributed by atoms with Gasteiger partial charge in [-0.3, -0.25) is 4.90 Å². The van der Waals surface area contributed by atoms with Gasteiger partial charge in [-0.1, -0.05) is 12.1 Å². The van der Waals surface area contributed by atoms with Crippen LogP contribution in [-0.4, -0.2) is 39.7 Å². The lowest BCUT2D eigenvalue weighted by Crippen LogP contribution is -2.46. The molecule has 1 fully saturated rings. The van der Waals surface area contributed by atoms with Crippen molar-refractivity contribution < 1.29 is 4.74 Å². The number of morpholine rings is 1. The molecule has 0 aliphatic carbocycles. The molecule has 0 bridgehead atoms. The molecule has 2 aromatic rings. The molecular formula is C16H21N3O. The van der Waals surface area contributed by atoms with E-state index in [0.29, 0.717) is 12.1 Å². The minimum absolute atomic E-state index is 0.330. The Kier molecular flexibility index (Phi) is 3.85. The van der Waals surface area contributed by atoms with Crippen LogP contribution in [0.3, 0.4) is 0 Å². The van der Waals surface area contributed by atoms with E-state index in [9.17, 15) is 0 Å². The third kappa shape index (κ3) is 2.92. The molecule has 0 saturated carbocycles. The zero-order valence-electron chi connectivity index (χ0n) is 12.1. The summed E-state index contributed by atoms with van der Waals surface area (Å²) in [5.41, 5.74) is 2.49. The Labute approximate surface area is 120 Å². The monoisotopic (exact) mass is 271 g/mol. The molecule has 0 radical (unpaired) electrons. The van der Waals surface area contributed by atoms with Crippen molar-refractivity contribution >= 4 is 0 Å². The molecule has 1 saturated heterocycles. The van der Waals surface area contributed by atoms with Gasteiger partial charge in [-0.05, 0) is 31.5 Å². The van der Waals surface area contributed by atoms with Gasteiger partial charge in [0.25, 0.3) is 0 Å². The van der Waals surface area contributed by atoms with E-state index >= 15 is 0 Å². The van der Waals surface area contributed by atoms with Crippen LogP contribution in [-0.2, 0) is 11.3 Å². The Balaban J connectivity index is 1.69. The number of rotatable bonds is 3. The quantitative estimate of drug-likeness (QED) is 0.859. The molecule has 1 aromatic heterocycles. The lowest BCUT2D eigenvalue weighted by Gasteiger charge is -2.36. The molecule has 1 aromatic carbocycles. The molecule has 3 rings (SSSR count). The van der Waals surface area contributed by atoms with Crippen LogP contribution in [0.2, 0.25) is 0 Å². The topological polar surface area (TPSA) is 30.3 Å². The average Bonchev–Trinajstić information content (AvgIpc) is 2.98. The Morgan fingerprint density at radius 2 is 2.05 bits per heavy atom. The van der Waals surface area contributed by atoms with Crippen molar-refractivity contribution in [1.82, 2.24) is 14.5 Å². The molecule has 2 heterocycles. The van der Waals surface area contributed by atoms with Gasteiger partial charge in [-0.15, -0.1) is 0 Å². The molecule has 0 spiro atoms. The maximum atomic E-state index is 5.67. The minimum atomic E-state index is 0.330. The van der Waals surface area contributed by atoms with E-state index < -0.39 is 0 Å². The maximum Gasteiger partial charge on any atom is 0.0991 e. The number of aromatic nitrogens is 2. The SMILES string of the molecule is C[C@@H]1CN(Cc2ccc(-n3ccnc3)cc2)[C@@H](C)CO1. The average molecular weight is 271 g/mol. The smallest absolute Gasteiger partial charge is 0.0991 e. The predicted octanol–water partition coefficient (Wildman–Crippen LogP) is 2.48. The van der Waals surface area contributed by atoms with Crippen molar-refractivity contribution in [1.29, 1.82) is 0 Å². The van der Waals surface area contributed by atoms with Crippen molar-refractivity contribution in [2.45, 2.75) is 32.5 Å². The van der Waals surface area contributed by atoms with Crippen LogP contribution in [0.5, 0.6) is 0 Å². The van der Waals surface area contributed by atoms with Crippen LogP contribution in [0, 0.1) is 0 Å². The number of nitrogens with zero attached hydrogens (tertiary/aromatic N) is 3. The fourth-order valence-corrected chi connectivity index (χ4v) is 2.61. The summed E-state index contributed by atoms with van der Waals surface area (Å²) in [4.78, 5) is 6.56. The number of hydrogen-bond acceptors (Lipinski definition) is 3. The van der Waals surface area contributed by atoms with Crippen molar-refractivity contribution in [3.8, 4) is 5.69 Å². The third-order valence-corrected chi connectivity index (χ3v) is 3.86. The molecule has 2 atom stereocenters. The summed E-state index contributed by atoms with van der Waals surface area (Å²) in [5, 5.41) is 0. The van der Waals surface area contributed by atoms with E-state index in [-0.39, 0.29) is 0 Å². The first-order valence-electron chi connectivity index (χ1n) is 7.15. The van der Waals surface area contributed by atoms with Crippen LogP contribution in [0.15, 0.2) is 43.0 Å². The first-order chi connectivity index (χ1) is 9.72. The number of hydrogen-bond donors (Lipinski definition) is 0. The van der Waals surface area contributed by atoms with Gasteiger partial charge < -0.3 is 9.30 Å². The fourth-order valence-electron chi connectivity index (χ4n) is 2.61.